The SMILES string of the molecule is Cc1cc(Cl)ccc1NC(=O)c1ccc(N)c([N+](=O)[O-])c1. The molecular weight excluding hydrogens is 294 g/mol. The number of rotatable bonds is 3. The van der Waals surface area contributed by atoms with E-state index in [1.807, 2.05) is 0 Å². The van der Waals surface area contributed by atoms with Crippen LogP contribution in [0.2, 0.25) is 5.02 Å². The highest BCUT2D eigenvalue weighted by molar-refractivity contribution is 6.30. The Hall–Kier alpha value is -2.60. The third kappa shape index (κ3) is 3.29. The maximum Gasteiger partial charge on any atom is 0.292 e. The Morgan fingerprint density at radius 1 is 1.29 bits per heavy atom. The molecule has 0 bridgehead atoms. The number of nitro benzene ring substituents is 1. The third-order valence-corrected chi connectivity index (χ3v) is 3.16. The highest BCUT2D eigenvalue weighted by Crippen LogP contribution is 2.24. The lowest BCUT2D eigenvalue weighted by atomic mass is 10.1. The zero-order valence-electron chi connectivity index (χ0n) is 11.1. The fourth-order valence-corrected chi connectivity index (χ4v) is 2.03. The summed E-state index contributed by atoms with van der Waals surface area (Å²) in [5.41, 5.74) is 6.75. The van der Waals surface area contributed by atoms with E-state index in [1.54, 1.807) is 25.1 Å². The number of nitrogens with zero attached hydrogens (tertiary/aromatic N) is 1. The molecule has 108 valence electrons. The predicted octanol–water partition coefficient (Wildman–Crippen LogP) is 3.39. The Kier molecular flexibility index (Phi) is 4.09. The number of hydrogen-bond donors (Lipinski definition) is 2. The number of benzene rings is 2. The van der Waals surface area contributed by atoms with Crippen molar-refractivity contribution in [1.29, 1.82) is 0 Å². The normalized spacial score (nSPS) is 10.2. The van der Waals surface area contributed by atoms with Crippen LogP contribution in [0.1, 0.15) is 15.9 Å². The van der Waals surface area contributed by atoms with Crippen molar-refractivity contribution in [3.63, 3.8) is 0 Å². The summed E-state index contributed by atoms with van der Waals surface area (Å²) in [7, 11) is 0. The molecule has 0 aromatic heterocycles. The molecule has 6 nitrogen and oxygen atoms in total. The van der Waals surface area contributed by atoms with Crippen molar-refractivity contribution < 1.29 is 9.72 Å². The van der Waals surface area contributed by atoms with Crippen LogP contribution in [0.3, 0.4) is 0 Å². The van der Waals surface area contributed by atoms with Gasteiger partial charge in [-0.2, -0.15) is 0 Å². The average molecular weight is 306 g/mol. The molecule has 0 unspecified atom stereocenters. The second kappa shape index (κ2) is 5.80. The molecule has 0 heterocycles. The number of nitrogens with one attached hydrogen (secondary N) is 1. The van der Waals surface area contributed by atoms with Gasteiger partial charge in [0.1, 0.15) is 5.69 Å². The van der Waals surface area contributed by atoms with E-state index in [0.29, 0.717) is 10.7 Å². The summed E-state index contributed by atoms with van der Waals surface area (Å²) in [4.78, 5) is 22.3. The minimum atomic E-state index is -0.625. The Bertz CT molecular complexity index is 731. The molecule has 21 heavy (non-hydrogen) atoms. The monoisotopic (exact) mass is 305 g/mol. The molecule has 2 rings (SSSR count). The summed E-state index contributed by atoms with van der Waals surface area (Å²) >= 11 is 5.84. The van der Waals surface area contributed by atoms with Crippen molar-refractivity contribution in [2.24, 2.45) is 0 Å². The number of anilines is 2. The fourth-order valence-electron chi connectivity index (χ4n) is 1.80. The van der Waals surface area contributed by atoms with Gasteiger partial charge in [-0.15, -0.1) is 0 Å². The molecule has 1 amide bonds. The van der Waals surface area contributed by atoms with Gasteiger partial charge in [-0.1, -0.05) is 11.6 Å². The highest BCUT2D eigenvalue weighted by atomic mass is 35.5. The average Bonchev–Trinajstić information content (AvgIpc) is 2.42. The van der Waals surface area contributed by atoms with Crippen LogP contribution in [0, 0.1) is 17.0 Å². The molecule has 0 aliphatic carbocycles. The quantitative estimate of drug-likeness (QED) is 0.516. The van der Waals surface area contributed by atoms with Crippen LogP contribution in [0.4, 0.5) is 17.1 Å². The van der Waals surface area contributed by atoms with Crippen LogP contribution in [0.15, 0.2) is 36.4 Å². The smallest absolute Gasteiger partial charge is 0.292 e. The van der Waals surface area contributed by atoms with Gasteiger partial charge in [-0.05, 0) is 42.8 Å². The predicted molar refractivity (Wildman–Crippen MR) is 81.7 cm³/mol. The molecule has 2 aromatic rings. The lowest BCUT2D eigenvalue weighted by molar-refractivity contribution is -0.383. The van der Waals surface area contributed by atoms with Crippen LogP contribution in [-0.4, -0.2) is 10.8 Å². The molecule has 0 radical (unpaired) electrons. The summed E-state index contributed by atoms with van der Waals surface area (Å²) in [6, 6.07) is 8.94. The zero-order valence-corrected chi connectivity index (χ0v) is 11.8. The molecule has 0 atom stereocenters. The first-order valence-corrected chi connectivity index (χ1v) is 6.37. The summed E-state index contributed by atoms with van der Waals surface area (Å²) in [5.74, 6) is -0.455. The standard InChI is InChI=1S/C14H12ClN3O3/c1-8-6-10(15)3-5-12(8)17-14(19)9-2-4-11(16)13(7-9)18(20)21/h2-7H,16H2,1H3,(H,17,19). The first-order chi connectivity index (χ1) is 9.88. The molecule has 0 saturated carbocycles. The van der Waals surface area contributed by atoms with Gasteiger partial charge in [0, 0.05) is 22.3 Å². The maximum atomic E-state index is 12.1. The van der Waals surface area contributed by atoms with Crippen LogP contribution >= 0.6 is 11.6 Å². The Labute approximate surface area is 125 Å². The zero-order chi connectivity index (χ0) is 15.6. The molecule has 0 fully saturated rings. The van der Waals surface area contributed by atoms with Gasteiger partial charge in [0.15, 0.2) is 0 Å². The number of nitrogens with two attached hydrogens (primary N) is 1. The van der Waals surface area contributed by atoms with Crippen molar-refractivity contribution in [2.45, 2.75) is 6.92 Å². The summed E-state index contributed by atoms with van der Waals surface area (Å²) < 4.78 is 0. The molecule has 0 aliphatic rings. The van der Waals surface area contributed by atoms with E-state index < -0.39 is 10.8 Å². The van der Waals surface area contributed by atoms with Gasteiger partial charge in [-0.3, -0.25) is 14.9 Å². The van der Waals surface area contributed by atoms with Crippen molar-refractivity contribution >= 4 is 34.6 Å². The number of amides is 1. The van der Waals surface area contributed by atoms with E-state index in [0.717, 1.165) is 11.6 Å². The van der Waals surface area contributed by atoms with Crippen LogP contribution in [0.25, 0.3) is 0 Å². The molecule has 0 spiro atoms. The van der Waals surface area contributed by atoms with E-state index in [1.165, 1.54) is 12.1 Å². The number of carbonyl (C=O) groups excluding carboxylic acids is 1. The van der Waals surface area contributed by atoms with Crippen LogP contribution in [0.5, 0.6) is 0 Å². The van der Waals surface area contributed by atoms with Gasteiger partial charge < -0.3 is 11.1 Å². The van der Waals surface area contributed by atoms with Gasteiger partial charge in [0.05, 0.1) is 4.92 Å². The fraction of sp³-hybridized carbons (Fsp3) is 0.0714. The van der Waals surface area contributed by atoms with E-state index in [4.69, 9.17) is 17.3 Å². The van der Waals surface area contributed by atoms with Gasteiger partial charge in [-0.25, -0.2) is 0 Å². The largest absolute Gasteiger partial charge is 0.393 e. The molecule has 0 aliphatic heterocycles. The lowest BCUT2D eigenvalue weighted by Crippen LogP contribution is -2.13. The summed E-state index contributed by atoms with van der Waals surface area (Å²) in [6.07, 6.45) is 0. The van der Waals surface area contributed by atoms with E-state index in [9.17, 15) is 14.9 Å². The van der Waals surface area contributed by atoms with Crippen molar-refractivity contribution in [2.75, 3.05) is 11.1 Å². The number of nitro groups is 1. The van der Waals surface area contributed by atoms with E-state index >= 15 is 0 Å². The summed E-state index contributed by atoms with van der Waals surface area (Å²) in [6.45, 7) is 1.80. The maximum absolute atomic E-state index is 12.1. The Morgan fingerprint density at radius 3 is 2.62 bits per heavy atom. The lowest BCUT2D eigenvalue weighted by Gasteiger charge is -2.09. The van der Waals surface area contributed by atoms with Crippen molar-refractivity contribution in [1.82, 2.24) is 0 Å². The van der Waals surface area contributed by atoms with Gasteiger partial charge in [0.25, 0.3) is 11.6 Å². The first-order valence-electron chi connectivity index (χ1n) is 6.00. The third-order valence-electron chi connectivity index (χ3n) is 2.93. The van der Waals surface area contributed by atoms with Crippen LogP contribution in [-0.2, 0) is 0 Å². The van der Waals surface area contributed by atoms with Gasteiger partial charge >= 0.3 is 0 Å². The first kappa shape index (κ1) is 14.8. The van der Waals surface area contributed by atoms with E-state index in [2.05, 4.69) is 5.32 Å². The molecule has 0 saturated heterocycles. The molecule has 2 aromatic carbocycles. The number of hydrogen-bond acceptors (Lipinski definition) is 4. The molecule has 7 heteroatoms. The minimum Gasteiger partial charge on any atom is -0.393 e. The number of halogens is 1. The van der Waals surface area contributed by atoms with E-state index in [-0.39, 0.29) is 16.9 Å². The Balaban J connectivity index is 2.28. The molecular formula is C14H12ClN3O3. The number of aryl methyl sites for hydroxylation is 1. The highest BCUT2D eigenvalue weighted by Gasteiger charge is 2.16. The second-order valence-electron chi connectivity index (χ2n) is 4.44. The minimum absolute atomic E-state index is 0.0132. The van der Waals surface area contributed by atoms with Crippen molar-refractivity contribution in [3.8, 4) is 0 Å². The second-order valence-corrected chi connectivity index (χ2v) is 4.88. The topological polar surface area (TPSA) is 98.3 Å². The van der Waals surface area contributed by atoms with Crippen LogP contribution < -0.4 is 11.1 Å². The Morgan fingerprint density at radius 2 is 2.00 bits per heavy atom. The summed E-state index contributed by atoms with van der Waals surface area (Å²) in [5, 5.41) is 14.1. The van der Waals surface area contributed by atoms with Gasteiger partial charge in [0.2, 0.25) is 0 Å². The number of nitrogen functional groups attached to an aromatic ring is 1. The number of carbonyl (C=O) groups is 1. The van der Waals surface area contributed by atoms with Crippen molar-refractivity contribution in [3.05, 3.63) is 62.7 Å². The molecule has 3 N–H and O–H groups in total.